The smallest absolute Gasteiger partial charge is 0.870 e. The summed E-state index contributed by atoms with van der Waals surface area (Å²) >= 11 is 14.9. The number of benzene rings is 8. The molecule has 0 bridgehead atoms. The maximum absolute atomic E-state index is 12.3. The number of aliphatic carboxylic acids is 1. The number of alkyl halides is 2. The van der Waals surface area contributed by atoms with Crippen molar-refractivity contribution in [2.75, 3.05) is 24.7 Å². The molecular weight excluding hydrogens is 1620 g/mol. The summed E-state index contributed by atoms with van der Waals surface area (Å²) in [7, 11) is 0. The predicted octanol–water partition coefficient (Wildman–Crippen LogP) is 18.4. The van der Waals surface area contributed by atoms with Crippen LogP contribution in [0.25, 0.3) is 87.6 Å². The second-order valence-electron chi connectivity index (χ2n) is 23.9. The van der Waals surface area contributed by atoms with Crippen molar-refractivity contribution in [2.24, 2.45) is 0 Å². The summed E-state index contributed by atoms with van der Waals surface area (Å²) in [6.07, 6.45) is 13.9. The number of hydrogen-bond acceptors (Lipinski definition) is 19. The SMILES string of the molecule is CC(C)(Sc1ccncc1-c1ccc(C#N)c2ccccc12)C(=O)O.CCOC(=O)C(C)(C)Sc1ccncc1-c1ccc(C#N)c2ccccc12.CCOC(=O)C(C)Br.CCOC(=O)C(C)Sc1ccncc1-c1ccc(C#N)c2ccccc12.N#Cc1ccc(-c2cnccc2Cl)c2ccccc12.[2H]C([2H])([2H])I.[Li+].[OH-]. The van der Waals surface area contributed by atoms with Crippen molar-refractivity contribution < 1.29 is 66.9 Å². The Balaban J connectivity index is 0.000000253. The number of carbonyl (C=O) groups excluding carboxylic acids is 3. The fourth-order valence-corrected chi connectivity index (χ4v) is 14.3. The van der Waals surface area contributed by atoms with Crippen LogP contribution in [0.15, 0.2) is 234 Å². The Hall–Kier alpha value is -9.65. The largest absolute Gasteiger partial charge is 1.00 e. The number of halogens is 3. The number of rotatable bonds is 17. The van der Waals surface area contributed by atoms with Gasteiger partial charge in [0, 0.05) is 112 Å². The van der Waals surface area contributed by atoms with Crippen LogP contribution in [0.5, 0.6) is 0 Å². The molecule has 0 amide bonds. The van der Waals surface area contributed by atoms with Crippen molar-refractivity contribution in [2.45, 2.75) is 96.6 Å². The second-order valence-corrected chi connectivity index (χ2v) is 30.4. The van der Waals surface area contributed by atoms with Crippen LogP contribution < -0.4 is 18.9 Å². The third kappa shape index (κ3) is 23.4. The van der Waals surface area contributed by atoms with Crippen LogP contribution in [-0.2, 0) is 33.4 Å². The molecule has 12 aromatic rings. The first-order chi connectivity index (χ1) is 52.6. The summed E-state index contributed by atoms with van der Waals surface area (Å²) in [5.74, 6) is -1.55. The number of fused-ring (bicyclic) bond motifs is 4. The van der Waals surface area contributed by atoms with Crippen LogP contribution in [-0.4, -0.2) is 98.6 Å². The first-order valence-corrected chi connectivity index (χ1v) is 38.2. The van der Waals surface area contributed by atoms with Gasteiger partial charge in [0.05, 0.1) is 71.4 Å². The van der Waals surface area contributed by atoms with Gasteiger partial charge in [-0.25, -0.2) is 0 Å². The maximum atomic E-state index is 12.3. The molecule has 17 nitrogen and oxygen atoms in total. The van der Waals surface area contributed by atoms with Gasteiger partial charge in [-0.3, -0.25) is 39.1 Å². The van der Waals surface area contributed by atoms with Gasteiger partial charge in [0.25, 0.3) is 0 Å². The van der Waals surface area contributed by atoms with E-state index in [1.54, 1.807) is 103 Å². The van der Waals surface area contributed by atoms with Crippen LogP contribution in [0, 0.1) is 45.3 Å². The molecule has 0 saturated carbocycles. The summed E-state index contributed by atoms with van der Waals surface area (Å²) in [4.78, 5) is 64.0. The number of aromatic nitrogens is 4. The van der Waals surface area contributed by atoms with Crippen molar-refractivity contribution >= 4 is 152 Å². The van der Waals surface area contributed by atoms with E-state index >= 15 is 0 Å². The van der Waals surface area contributed by atoms with E-state index in [0.717, 1.165) is 102 Å². The van der Waals surface area contributed by atoms with E-state index in [-0.39, 0.29) is 52.3 Å². The van der Waals surface area contributed by atoms with Crippen molar-refractivity contribution in [3.05, 3.63) is 247 Å². The number of carboxylic acids is 1. The van der Waals surface area contributed by atoms with Gasteiger partial charge in [0.1, 0.15) is 19.6 Å². The normalized spacial score (nSPS) is 11.5. The number of ether oxygens (including phenoxy) is 3. The molecule has 8 aromatic carbocycles. The molecule has 4 heterocycles. The minimum Gasteiger partial charge on any atom is -0.870 e. The van der Waals surface area contributed by atoms with Crippen molar-refractivity contribution in [3.8, 4) is 68.8 Å². The van der Waals surface area contributed by atoms with E-state index in [0.29, 0.717) is 47.1 Å². The zero-order chi connectivity index (χ0) is 80.3. The number of nitriles is 4. The summed E-state index contributed by atoms with van der Waals surface area (Å²) < 4.78 is 32.0. The fraction of sp³-hybridized carbons (Fsp3) is 0.200. The third-order valence-corrected chi connectivity index (χ3v) is 20.4. The molecule has 0 aliphatic rings. The number of carboxylic acid groups (broad SMARTS) is 1. The second kappa shape index (κ2) is 44.1. The zero-order valence-electron chi connectivity index (χ0n) is 64.2. The molecule has 550 valence electrons. The van der Waals surface area contributed by atoms with Gasteiger partial charge in [-0.15, -0.1) is 35.3 Å². The van der Waals surface area contributed by atoms with E-state index in [4.69, 9.17) is 30.4 Å². The standard InChI is InChI=1S/C22H20N2O2S.C21H18N2O2S.C20H16N2O2S.C16H9ClN2.C5H9BrO2.CH3I.Li.H2O/c1-4-26-21(25)22(2,3)27-20-11-12-24-14-19(20)18-10-9-15(13-23)16-7-5-6-8-17(16)18;1-3-25-21(24)14(2)26-20-10-11-23-13-19(20)18-9-8-15(12-22)16-6-4-5-7-17(16)18;1-20(2,19(23)24)25-18-9-10-22-12-17(18)16-8-7-13(11-21)14-5-3-4-6-15(14)16;17-16-7-8-19-10-15(16)14-6-5-11(9-18)12-3-1-2-4-13(12)14;1-3-8-5(7)4(2)6;1-2;;/h5-12,14H,4H2,1-3H3;4-11,13-14H,3H2,1-2H3;3-10,12H,1-2H3,(H,23,24);1-8,10H;4H,3H2,1-2H3;1H3;;1H2/q;;;;;;+1;/p-1/i;;;;;1D3;;. The molecule has 0 spiro atoms. The van der Waals surface area contributed by atoms with E-state index in [1.165, 1.54) is 57.9 Å². The van der Waals surface area contributed by atoms with E-state index < -0.39 is 20.3 Å². The fourth-order valence-electron chi connectivity index (χ4n) is 10.8. The van der Waals surface area contributed by atoms with E-state index in [9.17, 15) is 40.1 Å². The summed E-state index contributed by atoms with van der Waals surface area (Å²) in [5, 5.41) is 54.6. The van der Waals surface area contributed by atoms with Crippen LogP contribution >= 0.6 is 85.4 Å². The van der Waals surface area contributed by atoms with Gasteiger partial charge in [-0.2, -0.15) is 21.0 Å². The molecule has 2 atom stereocenters. The average Bonchev–Trinajstić information content (AvgIpc) is 0.796. The molecule has 109 heavy (non-hydrogen) atoms. The minimum atomic E-state index is -1.78. The predicted molar refractivity (Wildman–Crippen MR) is 446 cm³/mol. The van der Waals surface area contributed by atoms with Crippen molar-refractivity contribution in [3.63, 3.8) is 0 Å². The van der Waals surface area contributed by atoms with Gasteiger partial charge >= 0.3 is 42.7 Å². The molecule has 0 aliphatic carbocycles. The molecule has 2 unspecified atom stereocenters. The third-order valence-electron chi connectivity index (χ3n) is 16.0. The molecule has 2 N–H and O–H groups in total. The van der Waals surface area contributed by atoms with Crippen LogP contribution in [0.1, 0.15) is 88.7 Å². The Morgan fingerprint density at radius 2 is 0.771 bits per heavy atom. The van der Waals surface area contributed by atoms with Gasteiger partial charge < -0.3 is 24.8 Å². The maximum Gasteiger partial charge on any atom is 1.00 e. The van der Waals surface area contributed by atoms with Crippen molar-refractivity contribution in [1.29, 1.82) is 21.0 Å². The molecule has 0 saturated heterocycles. The molecule has 4 aromatic heterocycles. The van der Waals surface area contributed by atoms with Crippen LogP contribution in [0.2, 0.25) is 5.02 Å². The first-order valence-electron chi connectivity index (χ1n) is 34.8. The minimum absolute atomic E-state index is 0. The number of thioether (sulfide) groups is 3. The van der Waals surface area contributed by atoms with Crippen LogP contribution in [0.4, 0.5) is 0 Å². The molecule has 0 radical (unpaired) electrons. The summed E-state index contributed by atoms with van der Waals surface area (Å²) in [6.45, 7) is 17.2. The van der Waals surface area contributed by atoms with Crippen LogP contribution in [0.3, 0.4) is 0 Å². The topological polar surface area (TPSA) is 293 Å². The molecule has 24 heteroatoms. The summed E-state index contributed by atoms with van der Waals surface area (Å²) in [6, 6.07) is 62.5. The Labute approximate surface area is 691 Å². The van der Waals surface area contributed by atoms with Crippen molar-refractivity contribution in [1.82, 2.24) is 19.9 Å². The Morgan fingerprint density at radius 1 is 0.477 bits per heavy atom. The molecular formula is C85H76BrClILiN8O9S3. The number of pyridine rings is 4. The zero-order valence-corrected chi connectivity index (χ0v) is 68.2. The van der Waals surface area contributed by atoms with E-state index in [1.807, 2.05) is 178 Å². The average molecular weight is 1700 g/mol. The van der Waals surface area contributed by atoms with Gasteiger partial charge in [-0.1, -0.05) is 171 Å². The number of carbonyl (C=O) groups is 4. The van der Waals surface area contributed by atoms with Gasteiger partial charge in [-0.05, 0) is 160 Å². The summed E-state index contributed by atoms with van der Waals surface area (Å²) in [5.41, 5.74) is 10.1. The first kappa shape index (κ1) is 85.0. The molecule has 12 rings (SSSR count). The van der Waals surface area contributed by atoms with Gasteiger partial charge in [0.15, 0.2) is 0 Å². The van der Waals surface area contributed by atoms with Gasteiger partial charge in [0.2, 0.25) is 0 Å². The number of nitrogens with zero attached hydrogens (tertiary/aromatic N) is 8. The monoisotopic (exact) mass is 1700 g/mol. The van der Waals surface area contributed by atoms with E-state index in [2.05, 4.69) is 64.9 Å². The Bertz CT molecular complexity index is 5480. The number of hydrogen-bond donors (Lipinski definition) is 1. The number of esters is 3. The molecule has 0 fully saturated rings. The Kier molecular flexibility index (Phi) is 34.4. The molecule has 0 aliphatic heterocycles. The Morgan fingerprint density at radius 3 is 1.08 bits per heavy atom. The quantitative estimate of drug-likeness (QED) is 0.0221.